The van der Waals surface area contributed by atoms with Gasteiger partial charge in [0.05, 0.1) is 5.02 Å². The van der Waals surface area contributed by atoms with E-state index in [0.717, 1.165) is 0 Å². The zero-order valence-corrected chi connectivity index (χ0v) is 11.3. The number of nitrogens with one attached hydrogen (secondary N) is 1. The van der Waals surface area contributed by atoms with Crippen molar-refractivity contribution < 1.29 is 14.3 Å². The first-order chi connectivity index (χ1) is 10.1. The van der Waals surface area contributed by atoms with Crippen molar-refractivity contribution in [2.24, 2.45) is 0 Å². The Balaban J connectivity index is 2.09. The van der Waals surface area contributed by atoms with Crippen LogP contribution in [-0.2, 0) is 0 Å². The zero-order valence-electron chi connectivity index (χ0n) is 10.5. The second-order valence-electron chi connectivity index (χ2n) is 4.30. The van der Waals surface area contributed by atoms with Gasteiger partial charge in [0.1, 0.15) is 11.5 Å². The molecular weight excluding hydrogens is 297 g/mol. The van der Waals surface area contributed by atoms with E-state index in [0.29, 0.717) is 11.3 Å². The van der Waals surface area contributed by atoms with Crippen molar-refractivity contribution in [1.82, 2.24) is 9.38 Å². The lowest BCUT2D eigenvalue weighted by atomic mass is 10.3. The van der Waals surface area contributed by atoms with Crippen LogP contribution in [0.5, 0.6) is 0 Å². The summed E-state index contributed by atoms with van der Waals surface area (Å²) in [6.07, 6.45) is 1.61. The smallest absolute Gasteiger partial charge is 0.356 e. The van der Waals surface area contributed by atoms with E-state index in [1.807, 2.05) is 0 Å². The number of aromatic carboxylic acids is 1. The van der Waals surface area contributed by atoms with Crippen LogP contribution in [0.15, 0.2) is 42.6 Å². The van der Waals surface area contributed by atoms with E-state index in [-0.39, 0.29) is 16.5 Å². The molecule has 3 aromatic rings. The van der Waals surface area contributed by atoms with Crippen molar-refractivity contribution in [3.63, 3.8) is 0 Å². The van der Waals surface area contributed by atoms with Crippen molar-refractivity contribution >= 4 is 34.7 Å². The average Bonchev–Trinajstić information content (AvgIpc) is 2.80. The summed E-state index contributed by atoms with van der Waals surface area (Å²) in [5.74, 6) is -1.50. The lowest BCUT2D eigenvalue weighted by Crippen LogP contribution is -2.05. The number of anilines is 2. The van der Waals surface area contributed by atoms with Gasteiger partial charge in [-0.05, 0) is 30.3 Å². The second kappa shape index (κ2) is 5.06. The molecule has 106 valence electrons. The van der Waals surface area contributed by atoms with Crippen LogP contribution in [0.25, 0.3) is 5.65 Å². The number of benzene rings is 1. The van der Waals surface area contributed by atoms with Crippen molar-refractivity contribution in [1.29, 1.82) is 0 Å². The molecule has 5 nitrogen and oxygen atoms in total. The van der Waals surface area contributed by atoms with Gasteiger partial charge in [-0.25, -0.2) is 14.2 Å². The van der Waals surface area contributed by atoms with Crippen molar-refractivity contribution in [2.45, 2.75) is 0 Å². The van der Waals surface area contributed by atoms with E-state index in [1.54, 1.807) is 24.4 Å². The normalized spacial score (nSPS) is 10.8. The molecule has 0 fully saturated rings. The number of aromatic nitrogens is 2. The maximum Gasteiger partial charge on any atom is 0.356 e. The van der Waals surface area contributed by atoms with Gasteiger partial charge in [-0.3, -0.25) is 4.40 Å². The van der Waals surface area contributed by atoms with Crippen LogP contribution in [0.4, 0.5) is 15.9 Å². The van der Waals surface area contributed by atoms with E-state index in [2.05, 4.69) is 10.3 Å². The molecule has 0 aliphatic heterocycles. The molecule has 0 amide bonds. The van der Waals surface area contributed by atoms with Gasteiger partial charge in [0.25, 0.3) is 0 Å². The molecule has 0 bridgehead atoms. The fraction of sp³-hybridized carbons (Fsp3) is 0. The number of halogens is 2. The van der Waals surface area contributed by atoms with Gasteiger partial charge in [0.2, 0.25) is 0 Å². The number of imidazole rings is 1. The van der Waals surface area contributed by atoms with E-state index < -0.39 is 11.8 Å². The minimum Gasteiger partial charge on any atom is -0.476 e. The third-order valence-electron chi connectivity index (χ3n) is 2.91. The number of pyridine rings is 1. The number of fused-ring (bicyclic) bond motifs is 1. The van der Waals surface area contributed by atoms with E-state index >= 15 is 0 Å². The maximum atomic E-state index is 13.1. The van der Waals surface area contributed by atoms with Crippen LogP contribution in [-0.4, -0.2) is 20.5 Å². The highest BCUT2D eigenvalue weighted by Crippen LogP contribution is 2.25. The topological polar surface area (TPSA) is 66.6 Å². The van der Waals surface area contributed by atoms with Crippen LogP contribution < -0.4 is 5.32 Å². The quantitative estimate of drug-likeness (QED) is 0.776. The highest BCUT2D eigenvalue weighted by Gasteiger charge is 2.18. The Labute approximate surface area is 123 Å². The number of nitrogens with zero attached hydrogens (tertiary/aromatic N) is 2. The van der Waals surface area contributed by atoms with Gasteiger partial charge in [0.15, 0.2) is 11.5 Å². The lowest BCUT2D eigenvalue weighted by Gasteiger charge is -2.05. The zero-order chi connectivity index (χ0) is 15.0. The number of hydrogen-bond acceptors (Lipinski definition) is 3. The molecule has 0 spiro atoms. The van der Waals surface area contributed by atoms with Crippen LogP contribution >= 0.6 is 11.6 Å². The predicted octanol–water partition coefficient (Wildman–Crippen LogP) is 3.57. The molecule has 0 saturated carbocycles. The molecule has 7 heteroatoms. The number of carbonyl (C=O) groups is 1. The van der Waals surface area contributed by atoms with Crippen molar-refractivity contribution in [3.8, 4) is 0 Å². The highest BCUT2D eigenvalue weighted by molar-refractivity contribution is 6.31. The first-order valence-electron chi connectivity index (χ1n) is 5.99. The van der Waals surface area contributed by atoms with Crippen LogP contribution in [0, 0.1) is 5.82 Å². The fourth-order valence-corrected chi connectivity index (χ4v) is 2.18. The van der Waals surface area contributed by atoms with Gasteiger partial charge in [-0.15, -0.1) is 0 Å². The predicted molar refractivity (Wildman–Crippen MR) is 76.8 cm³/mol. The Bertz CT molecular complexity index is 847. The SMILES string of the molecule is O=C(O)c1c(Nc2ccc(F)c(Cl)c2)nc2ccccn12. The monoisotopic (exact) mass is 305 g/mol. The number of rotatable bonds is 3. The Hall–Kier alpha value is -2.60. The molecule has 2 N–H and O–H groups in total. The third-order valence-corrected chi connectivity index (χ3v) is 3.20. The molecule has 21 heavy (non-hydrogen) atoms. The maximum absolute atomic E-state index is 13.1. The highest BCUT2D eigenvalue weighted by atomic mass is 35.5. The summed E-state index contributed by atoms with van der Waals surface area (Å²) in [5, 5.41) is 12.1. The Morgan fingerprint density at radius 3 is 2.86 bits per heavy atom. The second-order valence-corrected chi connectivity index (χ2v) is 4.70. The standard InChI is InChI=1S/C14H9ClFN3O2/c15-9-7-8(4-5-10(9)16)17-13-12(14(20)21)19-6-2-1-3-11(19)18-13/h1-7,17H,(H,20,21). The summed E-state index contributed by atoms with van der Waals surface area (Å²) in [7, 11) is 0. The Morgan fingerprint density at radius 1 is 1.33 bits per heavy atom. The molecule has 3 rings (SSSR count). The van der Waals surface area contributed by atoms with Gasteiger partial charge in [0, 0.05) is 11.9 Å². The molecule has 0 aliphatic carbocycles. The molecule has 0 atom stereocenters. The molecule has 2 aromatic heterocycles. The van der Waals surface area contributed by atoms with Gasteiger partial charge in [-0.2, -0.15) is 0 Å². The van der Waals surface area contributed by atoms with Gasteiger partial charge < -0.3 is 10.4 Å². The summed E-state index contributed by atoms with van der Waals surface area (Å²) in [4.78, 5) is 15.6. The van der Waals surface area contributed by atoms with E-state index in [1.165, 1.54) is 22.6 Å². The minimum absolute atomic E-state index is 0.00829. The van der Waals surface area contributed by atoms with Crippen molar-refractivity contribution in [2.75, 3.05) is 5.32 Å². The molecule has 1 aromatic carbocycles. The summed E-state index contributed by atoms with van der Waals surface area (Å²) >= 11 is 5.70. The van der Waals surface area contributed by atoms with Crippen LogP contribution in [0.3, 0.4) is 0 Å². The largest absolute Gasteiger partial charge is 0.476 e. The van der Waals surface area contributed by atoms with Gasteiger partial charge in [-0.1, -0.05) is 17.7 Å². The average molecular weight is 306 g/mol. The Kier molecular flexibility index (Phi) is 3.23. The first-order valence-corrected chi connectivity index (χ1v) is 6.36. The summed E-state index contributed by atoms with van der Waals surface area (Å²) in [5.41, 5.74) is 0.934. The molecule has 0 unspecified atom stereocenters. The molecular formula is C14H9ClFN3O2. The third kappa shape index (κ3) is 2.41. The molecule has 0 radical (unpaired) electrons. The van der Waals surface area contributed by atoms with Crippen molar-refractivity contribution in [3.05, 3.63) is 59.1 Å². The lowest BCUT2D eigenvalue weighted by molar-refractivity contribution is 0.0690. The summed E-state index contributed by atoms with van der Waals surface area (Å²) < 4.78 is 14.6. The molecule has 0 saturated heterocycles. The summed E-state index contributed by atoms with van der Waals surface area (Å²) in [6.45, 7) is 0. The van der Waals surface area contributed by atoms with Gasteiger partial charge >= 0.3 is 5.97 Å². The molecule has 2 heterocycles. The van der Waals surface area contributed by atoms with E-state index in [4.69, 9.17) is 11.6 Å². The summed E-state index contributed by atoms with van der Waals surface area (Å²) in [6, 6.07) is 9.17. The minimum atomic E-state index is -1.12. The first kappa shape index (κ1) is 13.4. The van der Waals surface area contributed by atoms with Crippen LogP contribution in [0.2, 0.25) is 5.02 Å². The van der Waals surface area contributed by atoms with E-state index in [9.17, 15) is 14.3 Å². The van der Waals surface area contributed by atoms with Crippen LogP contribution in [0.1, 0.15) is 10.5 Å². The Morgan fingerprint density at radius 2 is 2.14 bits per heavy atom. The molecule has 0 aliphatic rings. The number of carboxylic acids is 1. The number of carboxylic acid groups (broad SMARTS) is 1. The number of hydrogen-bond donors (Lipinski definition) is 2. The fourth-order valence-electron chi connectivity index (χ4n) is 2.00.